The van der Waals surface area contributed by atoms with E-state index in [1.165, 1.54) is 13.1 Å². The second-order valence-corrected chi connectivity index (χ2v) is 8.72. The fourth-order valence-electron chi connectivity index (χ4n) is 4.05. The molecule has 0 aliphatic carbocycles. The zero-order valence-corrected chi connectivity index (χ0v) is 19.6. The molecule has 1 aliphatic heterocycles. The van der Waals surface area contributed by atoms with E-state index in [-0.39, 0.29) is 48.9 Å². The third-order valence-electron chi connectivity index (χ3n) is 6.13. The first kappa shape index (κ1) is 26.0. The monoisotopic (exact) mass is 483 g/mol. The van der Waals surface area contributed by atoms with E-state index in [0.29, 0.717) is 11.1 Å². The van der Waals surface area contributed by atoms with Crippen LogP contribution in [-0.2, 0) is 22.4 Å². The van der Waals surface area contributed by atoms with Gasteiger partial charge in [-0.2, -0.15) is 0 Å². The van der Waals surface area contributed by atoms with Crippen molar-refractivity contribution in [3.63, 3.8) is 0 Å². The normalized spacial score (nSPS) is 21.7. The minimum atomic E-state index is -1.00. The van der Waals surface area contributed by atoms with Crippen LogP contribution in [0.1, 0.15) is 17.5 Å². The minimum absolute atomic E-state index is 0.00109. The number of aliphatic hydroxyl groups excluding tert-OH is 1. The Morgan fingerprint density at radius 2 is 1.69 bits per heavy atom. The molecule has 10 N–H and O–H groups in total. The predicted octanol–water partition coefficient (Wildman–Crippen LogP) is -0.397. The van der Waals surface area contributed by atoms with Crippen LogP contribution in [0.3, 0.4) is 0 Å². The highest BCUT2D eigenvalue weighted by molar-refractivity contribution is 5.84. The van der Waals surface area contributed by atoms with Crippen molar-refractivity contribution in [1.82, 2.24) is 16.0 Å². The summed E-state index contributed by atoms with van der Waals surface area (Å²) in [6.45, 7) is 3.95. The molecule has 1 heterocycles. The fourth-order valence-corrected chi connectivity index (χ4v) is 4.05. The van der Waals surface area contributed by atoms with E-state index >= 15 is 0 Å². The molecule has 188 valence electrons. The summed E-state index contributed by atoms with van der Waals surface area (Å²) in [6.07, 6.45) is -0.716. The number of rotatable bonds is 4. The van der Waals surface area contributed by atoms with Crippen LogP contribution in [0.15, 0.2) is 48.7 Å². The fraction of sp³-hybridized carbons (Fsp3) is 0.360. The average molecular weight is 484 g/mol. The summed E-state index contributed by atoms with van der Waals surface area (Å²) in [7, 11) is 1.49. The van der Waals surface area contributed by atoms with Gasteiger partial charge in [0, 0.05) is 38.6 Å². The molecule has 2 aromatic rings. The highest BCUT2D eigenvalue weighted by atomic mass is 16.3. The van der Waals surface area contributed by atoms with Crippen molar-refractivity contribution in [1.29, 1.82) is 0 Å². The van der Waals surface area contributed by atoms with E-state index in [2.05, 4.69) is 22.5 Å². The molecular formula is C25H33N5O5. The highest BCUT2D eigenvalue weighted by Crippen LogP contribution is 2.31. The number of likely N-dealkylation sites (N-methyl/N-ethyl adjacent to an activating group) is 1. The first-order valence-corrected chi connectivity index (χ1v) is 11.4. The van der Waals surface area contributed by atoms with Crippen LogP contribution >= 0.6 is 0 Å². The molecule has 0 aromatic heterocycles. The zero-order valence-electron chi connectivity index (χ0n) is 19.6. The number of benzene rings is 2. The van der Waals surface area contributed by atoms with Crippen LogP contribution in [0.2, 0.25) is 0 Å². The summed E-state index contributed by atoms with van der Waals surface area (Å²) in [6, 6.07) is 7.40. The van der Waals surface area contributed by atoms with Crippen molar-refractivity contribution in [3.8, 4) is 22.6 Å². The van der Waals surface area contributed by atoms with Crippen LogP contribution in [0.5, 0.6) is 11.5 Å². The topological polar surface area (TPSA) is 183 Å². The average Bonchev–Trinajstić information content (AvgIpc) is 2.84. The van der Waals surface area contributed by atoms with Crippen molar-refractivity contribution in [2.75, 3.05) is 13.6 Å². The Kier molecular flexibility index (Phi) is 8.34. The largest absolute Gasteiger partial charge is 0.508 e. The number of aliphatic hydroxyl groups is 1. The lowest BCUT2D eigenvalue weighted by Gasteiger charge is -2.28. The molecule has 2 amide bonds. The molecular weight excluding hydrogens is 450 g/mol. The Hall–Kier alpha value is -3.60. The number of hydrogen-bond donors (Lipinski definition) is 8. The van der Waals surface area contributed by atoms with Crippen LogP contribution in [0.25, 0.3) is 11.1 Å². The number of fused-ring (bicyclic) bond motifs is 5. The number of nitrogens with two attached hydrogens (primary N) is 2. The summed E-state index contributed by atoms with van der Waals surface area (Å²) < 4.78 is 0. The standard InChI is InChI=1S/C25H33N5O5/c1-13-20(11-18(31)12-26)30-24(34)19(27)9-16-7-14(3-5-22(16)32)15-4-6-23(33)17(8-15)10-21(29-13)25(35)28-2/h3-8,18-21,29,31-33H,1,9-12,26-27H2,2H3,(H,28,35)(H,30,34)/t18-,19+,20+,21+/m1/s1. The molecule has 0 spiro atoms. The first-order valence-electron chi connectivity index (χ1n) is 11.4. The van der Waals surface area contributed by atoms with Crippen molar-refractivity contribution in [2.24, 2.45) is 11.5 Å². The van der Waals surface area contributed by atoms with Crippen LogP contribution in [0, 0.1) is 0 Å². The predicted molar refractivity (Wildman–Crippen MR) is 132 cm³/mol. The van der Waals surface area contributed by atoms with Crippen molar-refractivity contribution in [3.05, 3.63) is 59.8 Å². The van der Waals surface area contributed by atoms with E-state index in [1.807, 2.05) is 0 Å². The minimum Gasteiger partial charge on any atom is -0.508 e. The molecule has 0 saturated carbocycles. The van der Waals surface area contributed by atoms with Gasteiger partial charge in [0.15, 0.2) is 0 Å². The molecule has 1 aliphatic rings. The van der Waals surface area contributed by atoms with Gasteiger partial charge in [0.2, 0.25) is 11.8 Å². The highest BCUT2D eigenvalue weighted by Gasteiger charge is 2.27. The number of carbonyl (C=O) groups excluding carboxylic acids is 2. The van der Waals surface area contributed by atoms with E-state index in [1.54, 1.807) is 30.3 Å². The number of amides is 2. The Morgan fingerprint density at radius 3 is 2.23 bits per heavy atom. The molecule has 2 aromatic carbocycles. The first-order chi connectivity index (χ1) is 16.6. The number of carbonyl (C=O) groups is 2. The van der Waals surface area contributed by atoms with Crippen molar-refractivity contribution in [2.45, 2.75) is 43.5 Å². The lowest BCUT2D eigenvalue weighted by molar-refractivity contribution is -0.123. The van der Waals surface area contributed by atoms with Gasteiger partial charge in [0.1, 0.15) is 17.5 Å². The maximum Gasteiger partial charge on any atom is 0.242 e. The number of phenols is 2. The lowest BCUT2D eigenvalue weighted by Crippen LogP contribution is -2.52. The molecule has 35 heavy (non-hydrogen) atoms. The van der Waals surface area contributed by atoms with Gasteiger partial charge in [-0.3, -0.25) is 9.59 Å². The second-order valence-electron chi connectivity index (χ2n) is 8.72. The van der Waals surface area contributed by atoms with Crippen LogP contribution < -0.4 is 27.4 Å². The smallest absolute Gasteiger partial charge is 0.242 e. The van der Waals surface area contributed by atoms with Crippen LogP contribution in [0.4, 0.5) is 0 Å². The van der Waals surface area contributed by atoms with E-state index < -0.39 is 30.1 Å². The summed E-state index contributed by atoms with van der Waals surface area (Å²) in [5.41, 5.74) is 14.5. The molecule has 10 nitrogen and oxygen atoms in total. The Morgan fingerprint density at radius 1 is 1.11 bits per heavy atom. The van der Waals surface area contributed by atoms with Gasteiger partial charge in [-0.1, -0.05) is 18.7 Å². The number of hydrogen-bond acceptors (Lipinski definition) is 8. The SMILES string of the molecule is C=C1N[C@H](C(=O)NC)Cc2cc(ccc2O)-c2ccc(O)c(c2)C[C@H](N)C(=O)N[C@H]1C[C@@H](O)CN. The zero-order chi connectivity index (χ0) is 25.7. The third-order valence-corrected chi connectivity index (χ3v) is 6.13. The van der Waals surface area contributed by atoms with Gasteiger partial charge < -0.3 is 42.7 Å². The Balaban J connectivity index is 2.10. The van der Waals surface area contributed by atoms with E-state index in [4.69, 9.17) is 11.5 Å². The quantitative estimate of drug-likeness (QED) is 0.289. The third kappa shape index (κ3) is 6.30. The van der Waals surface area contributed by atoms with E-state index in [0.717, 1.165) is 11.1 Å². The maximum atomic E-state index is 12.9. The molecule has 4 bridgehead atoms. The summed E-state index contributed by atoms with van der Waals surface area (Å²) >= 11 is 0. The molecule has 0 saturated heterocycles. The van der Waals surface area contributed by atoms with E-state index in [9.17, 15) is 24.9 Å². The second kappa shape index (κ2) is 11.2. The van der Waals surface area contributed by atoms with Crippen LogP contribution in [-0.4, -0.2) is 65.0 Å². The Labute approximate surface area is 204 Å². The molecule has 0 fully saturated rings. The molecule has 0 unspecified atom stereocenters. The van der Waals surface area contributed by atoms with Crippen molar-refractivity contribution >= 4 is 11.8 Å². The molecule has 0 radical (unpaired) electrons. The van der Waals surface area contributed by atoms with Gasteiger partial charge in [-0.15, -0.1) is 0 Å². The molecule has 10 heteroatoms. The Bertz CT molecular complexity index is 1110. The molecule has 4 atom stereocenters. The van der Waals surface area contributed by atoms with Gasteiger partial charge in [0.25, 0.3) is 0 Å². The summed E-state index contributed by atoms with van der Waals surface area (Å²) in [5.74, 6) is -0.852. The number of aromatic hydroxyl groups is 2. The maximum absolute atomic E-state index is 12.9. The van der Waals surface area contributed by atoms with Gasteiger partial charge >= 0.3 is 0 Å². The van der Waals surface area contributed by atoms with Gasteiger partial charge in [0.05, 0.1) is 18.2 Å². The van der Waals surface area contributed by atoms with Gasteiger partial charge in [-0.05, 0) is 46.5 Å². The number of nitrogens with one attached hydrogen (secondary N) is 3. The lowest BCUT2D eigenvalue weighted by atomic mass is 9.95. The van der Waals surface area contributed by atoms with Crippen molar-refractivity contribution < 1.29 is 24.9 Å². The summed E-state index contributed by atoms with van der Waals surface area (Å²) in [4.78, 5) is 25.6. The summed E-state index contributed by atoms with van der Waals surface area (Å²) in [5, 5.41) is 39.4. The number of phenolic OH excluding ortho intramolecular Hbond substituents is 2. The van der Waals surface area contributed by atoms with Gasteiger partial charge in [-0.25, -0.2) is 0 Å². The molecule has 3 rings (SSSR count).